The van der Waals surface area contributed by atoms with Crippen LogP contribution < -0.4 is 5.32 Å². The van der Waals surface area contributed by atoms with Gasteiger partial charge in [0.25, 0.3) is 5.69 Å². The molecule has 2 aromatic rings. The first-order valence-electron chi connectivity index (χ1n) is 8.34. The Hall–Kier alpha value is -2.35. The lowest BCUT2D eigenvalue weighted by molar-refractivity contribution is -0.384. The summed E-state index contributed by atoms with van der Waals surface area (Å²) in [7, 11) is 0. The van der Waals surface area contributed by atoms with E-state index in [1.165, 1.54) is 43.2 Å². The number of rotatable bonds is 6. The first-order valence-corrected chi connectivity index (χ1v) is 9.32. The highest BCUT2D eigenvalue weighted by Crippen LogP contribution is 2.23. The predicted molar refractivity (Wildman–Crippen MR) is 96.0 cm³/mol. The number of hydrogen-bond acceptors (Lipinski definition) is 5. The molecule has 1 heterocycles. The van der Waals surface area contributed by atoms with Gasteiger partial charge < -0.3 is 5.32 Å². The maximum absolute atomic E-state index is 12.1. The van der Waals surface area contributed by atoms with Crippen LogP contribution in [-0.4, -0.2) is 32.2 Å². The van der Waals surface area contributed by atoms with E-state index in [2.05, 4.69) is 10.3 Å². The normalized spacial score (nSPS) is 15.0. The van der Waals surface area contributed by atoms with Crippen LogP contribution in [0.15, 0.2) is 41.8 Å². The fraction of sp³-hybridized carbons (Fsp3) is 0.412. The van der Waals surface area contributed by atoms with Gasteiger partial charge >= 0.3 is 0 Å². The lowest BCUT2D eigenvalue weighted by Gasteiger charge is -2.22. The predicted octanol–water partition coefficient (Wildman–Crippen LogP) is 3.32. The molecular weight excluding hydrogens is 340 g/mol. The second-order valence-electron chi connectivity index (χ2n) is 6.04. The summed E-state index contributed by atoms with van der Waals surface area (Å²) in [5, 5.41) is 14.5. The van der Waals surface area contributed by atoms with Crippen molar-refractivity contribution in [2.45, 2.75) is 43.3 Å². The number of thioether (sulfide) groups is 1. The molecule has 1 saturated carbocycles. The molecule has 1 fully saturated rings. The number of carbonyl (C=O) groups is 1. The Balaban J connectivity index is 1.59. The molecule has 1 aromatic carbocycles. The highest BCUT2D eigenvalue weighted by molar-refractivity contribution is 7.99. The third-order valence-electron chi connectivity index (χ3n) is 4.25. The highest BCUT2D eigenvalue weighted by Gasteiger charge is 2.16. The second-order valence-corrected chi connectivity index (χ2v) is 6.99. The molecule has 1 amide bonds. The van der Waals surface area contributed by atoms with Crippen molar-refractivity contribution in [2.24, 2.45) is 0 Å². The largest absolute Gasteiger partial charge is 0.353 e. The quantitative estimate of drug-likeness (QED) is 0.485. The molecule has 3 rings (SSSR count). The molecule has 1 aliphatic carbocycles. The molecule has 0 aliphatic heterocycles. The number of nitrogens with one attached hydrogen (secondary N) is 1. The molecule has 1 aromatic heterocycles. The first kappa shape index (κ1) is 17.5. The number of imidazole rings is 1. The molecule has 0 spiro atoms. The lowest BCUT2D eigenvalue weighted by atomic mass is 9.95. The number of carbonyl (C=O) groups excluding carboxylic acids is 1. The van der Waals surface area contributed by atoms with Crippen LogP contribution in [0, 0.1) is 10.1 Å². The Bertz CT molecular complexity index is 739. The SMILES string of the molecule is O=C(CSc1nccn1-c1ccc([N+](=O)[O-])cc1)NC1CCCCC1. The minimum Gasteiger partial charge on any atom is -0.353 e. The highest BCUT2D eigenvalue weighted by atomic mass is 32.2. The molecule has 0 atom stereocenters. The zero-order valence-electron chi connectivity index (χ0n) is 13.8. The number of nitro groups is 1. The van der Waals surface area contributed by atoms with Crippen molar-refractivity contribution in [3.8, 4) is 5.69 Å². The Morgan fingerprint density at radius 2 is 2.00 bits per heavy atom. The Labute approximate surface area is 150 Å². The van der Waals surface area contributed by atoms with Crippen LogP contribution in [-0.2, 0) is 4.79 Å². The summed E-state index contributed by atoms with van der Waals surface area (Å²) in [6.45, 7) is 0. The van der Waals surface area contributed by atoms with Gasteiger partial charge in [-0.15, -0.1) is 0 Å². The van der Waals surface area contributed by atoms with Gasteiger partial charge in [-0.25, -0.2) is 4.98 Å². The minimum absolute atomic E-state index is 0.0233. The van der Waals surface area contributed by atoms with Gasteiger partial charge in [0, 0.05) is 36.3 Å². The van der Waals surface area contributed by atoms with Gasteiger partial charge in [0.05, 0.1) is 10.7 Å². The summed E-state index contributed by atoms with van der Waals surface area (Å²) >= 11 is 1.36. The summed E-state index contributed by atoms with van der Waals surface area (Å²) in [5.41, 5.74) is 0.822. The van der Waals surface area contributed by atoms with Crippen LogP contribution in [0.2, 0.25) is 0 Å². The summed E-state index contributed by atoms with van der Waals surface area (Å²) in [6.07, 6.45) is 9.19. The van der Waals surface area contributed by atoms with E-state index in [1.54, 1.807) is 24.5 Å². The van der Waals surface area contributed by atoms with Crippen molar-refractivity contribution < 1.29 is 9.72 Å². The molecule has 8 heteroatoms. The molecule has 1 aliphatic rings. The smallest absolute Gasteiger partial charge is 0.269 e. The zero-order valence-corrected chi connectivity index (χ0v) is 14.6. The molecule has 1 N–H and O–H groups in total. The number of benzene rings is 1. The minimum atomic E-state index is -0.428. The fourth-order valence-corrected chi connectivity index (χ4v) is 3.76. The maximum atomic E-state index is 12.1. The van der Waals surface area contributed by atoms with Crippen LogP contribution in [0.3, 0.4) is 0 Å². The standard InChI is InChI=1S/C17H20N4O3S/c22-16(19-13-4-2-1-3-5-13)12-25-17-18-10-11-20(17)14-6-8-15(9-7-14)21(23)24/h6-11,13H,1-5,12H2,(H,19,22). The summed E-state index contributed by atoms with van der Waals surface area (Å²) in [6, 6.07) is 6.56. The van der Waals surface area contributed by atoms with Crippen molar-refractivity contribution in [3.63, 3.8) is 0 Å². The van der Waals surface area contributed by atoms with E-state index >= 15 is 0 Å². The Morgan fingerprint density at radius 3 is 2.68 bits per heavy atom. The van der Waals surface area contributed by atoms with Gasteiger partial charge in [-0.2, -0.15) is 0 Å². The maximum Gasteiger partial charge on any atom is 0.269 e. The van der Waals surface area contributed by atoms with Crippen molar-refractivity contribution >= 4 is 23.4 Å². The van der Waals surface area contributed by atoms with E-state index in [9.17, 15) is 14.9 Å². The second kappa shape index (κ2) is 8.15. The molecular formula is C17H20N4O3S. The number of hydrogen-bond donors (Lipinski definition) is 1. The third kappa shape index (κ3) is 4.60. The van der Waals surface area contributed by atoms with Gasteiger partial charge in [0.15, 0.2) is 5.16 Å². The van der Waals surface area contributed by atoms with Gasteiger partial charge in [-0.3, -0.25) is 19.5 Å². The Kier molecular flexibility index (Phi) is 5.70. The van der Waals surface area contributed by atoms with Crippen molar-refractivity contribution in [3.05, 3.63) is 46.8 Å². The molecule has 0 bridgehead atoms. The van der Waals surface area contributed by atoms with E-state index in [4.69, 9.17) is 0 Å². The number of amides is 1. The van der Waals surface area contributed by atoms with Crippen molar-refractivity contribution in [1.29, 1.82) is 0 Å². The first-order chi connectivity index (χ1) is 12.1. The average Bonchev–Trinajstić information content (AvgIpc) is 3.09. The van der Waals surface area contributed by atoms with Crippen LogP contribution >= 0.6 is 11.8 Å². The van der Waals surface area contributed by atoms with E-state index in [0.717, 1.165) is 18.5 Å². The van der Waals surface area contributed by atoms with Crippen LogP contribution in [0.5, 0.6) is 0 Å². The molecule has 25 heavy (non-hydrogen) atoms. The summed E-state index contributed by atoms with van der Waals surface area (Å²) < 4.78 is 1.82. The van der Waals surface area contributed by atoms with Crippen LogP contribution in [0.4, 0.5) is 5.69 Å². The number of non-ortho nitro benzene ring substituents is 1. The fourth-order valence-electron chi connectivity index (χ4n) is 2.97. The van der Waals surface area contributed by atoms with Crippen LogP contribution in [0.25, 0.3) is 5.69 Å². The van der Waals surface area contributed by atoms with Gasteiger partial charge in [-0.05, 0) is 25.0 Å². The van der Waals surface area contributed by atoms with Crippen molar-refractivity contribution in [1.82, 2.24) is 14.9 Å². The van der Waals surface area contributed by atoms with Gasteiger partial charge in [-0.1, -0.05) is 31.0 Å². The molecule has 0 unspecified atom stereocenters. The monoisotopic (exact) mass is 360 g/mol. The number of nitrogens with zero attached hydrogens (tertiary/aromatic N) is 3. The van der Waals surface area contributed by atoms with E-state index in [-0.39, 0.29) is 11.6 Å². The Morgan fingerprint density at radius 1 is 1.28 bits per heavy atom. The molecule has 7 nitrogen and oxygen atoms in total. The third-order valence-corrected chi connectivity index (χ3v) is 5.21. The lowest BCUT2D eigenvalue weighted by Crippen LogP contribution is -2.37. The summed E-state index contributed by atoms with van der Waals surface area (Å²) in [5.74, 6) is 0.329. The molecule has 0 radical (unpaired) electrons. The van der Waals surface area contributed by atoms with E-state index < -0.39 is 4.92 Å². The summed E-state index contributed by atoms with van der Waals surface area (Å²) in [4.78, 5) is 26.7. The zero-order chi connectivity index (χ0) is 17.6. The topological polar surface area (TPSA) is 90.1 Å². The van der Waals surface area contributed by atoms with Crippen molar-refractivity contribution in [2.75, 3.05) is 5.75 Å². The van der Waals surface area contributed by atoms with E-state index in [1.807, 2.05) is 4.57 Å². The number of nitro benzene ring substituents is 1. The van der Waals surface area contributed by atoms with Gasteiger partial charge in [0.1, 0.15) is 0 Å². The molecule has 132 valence electrons. The van der Waals surface area contributed by atoms with Crippen LogP contribution in [0.1, 0.15) is 32.1 Å². The van der Waals surface area contributed by atoms with E-state index in [0.29, 0.717) is 17.0 Å². The average molecular weight is 360 g/mol. The molecule has 0 saturated heterocycles. The number of aromatic nitrogens is 2. The van der Waals surface area contributed by atoms with Gasteiger partial charge in [0.2, 0.25) is 5.91 Å².